The van der Waals surface area contributed by atoms with Crippen molar-refractivity contribution in [3.63, 3.8) is 0 Å². The molecule has 0 spiro atoms. The molecule has 0 fully saturated rings. The number of rotatable bonds is 1. The van der Waals surface area contributed by atoms with E-state index in [0.717, 1.165) is 0 Å². The molecule has 0 aliphatic carbocycles. The van der Waals surface area contributed by atoms with Crippen LogP contribution in [0.3, 0.4) is 0 Å². The molecule has 1 rings (SSSR count). The molecule has 0 bridgehead atoms. The normalized spacial score (nSPS) is 8.90. The van der Waals surface area contributed by atoms with Crippen molar-refractivity contribution >= 4 is 22.9 Å². The van der Waals surface area contributed by atoms with Crippen LogP contribution in [0.25, 0.3) is 0 Å². The summed E-state index contributed by atoms with van der Waals surface area (Å²) in [6, 6.07) is 1.64. The number of aromatic nitrogens is 2. The van der Waals surface area contributed by atoms with E-state index in [1.54, 1.807) is 6.07 Å². The lowest BCUT2D eigenvalue weighted by atomic mass is 10.7. The number of amides is 1. The molecular weight excluding hydrogens is 154 g/mol. The van der Waals surface area contributed by atoms with Gasteiger partial charge in [-0.1, -0.05) is 0 Å². The van der Waals surface area contributed by atoms with E-state index in [-0.39, 0.29) is 5.95 Å². The molecule has 0 radical (unpaired) electrons. The summed E-state index contributed by atoms with van der Waals surface area (Å²) in [7, 11) is 0. The molecule has 1 aromatic heterocycles. The van der Waals surface area contributed by atoms with Crippen molar-refractivity contribution in [2.45, 2.75) is 0 Å². The number of hydrogen-bond donors (Lipinski definition) is 1. The first-order valence-electron chi connectivity index (χ1n) is 2.52. The van der Waals surface area contributed by atoms with Crippen LogP contribution in [-0.2, 0) is 0 Å². The molecule has 5 heteroatoms. The standard InChI is InChI=1S/C5H4ClN3O/c6-4(10)9-5-7-2-1-3-8-5/h1-3H,(H,7,8,9,10). The zero-order chi connectivity index (χ0) is 7.40. The molecule has 0 atom stereocenters. The first-order chi connectivity index (χ1) is 4.79. The van der Waals surface area contributed by atoms with Crippen molar-refractivity contribution in [3.8, 4) is 0 Å². The Kier molecular flexibility index (Phi) is 2.17. The predicted octanol–water partition coefficient (Wildman–Crippen LogP) is 1.25. The highest BCUT2D eigenvalue weighted by molar-refractivity contribution is 6.65. The van der Waals surface area contributed by atoms with E-state index in [4.69, 9.17) is 11.6 Å². The van der Waals surface area contributed by atoms with Crippen molar-refractivity contribution in [3.05, 3.63) is 18.5 Å². The predicted molar refractivity (Wildman–Crippen MR) is 36.9 cm³/mol. The van der Waals surface area contributed by atoms with E-state index in [1.807, 2.05) is 0 Å². The second-order valence-corrected chi connectivity index (χ2v) is 1.81. The third-order valence-electron chi connectivity index (χ3n) is 0.776. The average molecular weight is 158 g/mol. The molecule has 0 aliphatic rings. The third-order valence-corrected chi connectivity index (χ3v) is 0.870. The number of nitrogens with zero attached hydrogens (tertiary/aromatic N) is 2. The second kappa shape index (κ2) is 3.12. The summed E-state index contributed by atoms with van der Waals surface area (Å²) >= 11 is 4.98. The smallest absolute Gasteiger partial charge is 0.281 e. The van der Waals surface area contributed by atoms with Gasteiger partial charge in [0.2, 0.25) is 5.95 Å². The van der Waals surface area contributed by atoms with Gasteiger partial charge in [-0.25, -0.2) is 9.97 Å². The maximum Gasteiger partial charge on any atom is 0.320 e. The molecule has 0 unspecified atom stereocenters. The molecule has 0 aliphatic heterocycles. The Labute approximate surface area is 62.3 Å². The Hall–Kier alpha value is -1.16. The maximum absolute atomic E-state index is 10.2. The van der Waals surface area contributed by atoms with Gasteiger partial charge in [-0.05, 0) is 17.7 Å². The van der Waals surface area contributed by atoms with Crippen LogP contribution in [0.2, 0.25) is 0 Å². The summed E-state index contributed by atoms with van der Waals surface area (Å²) < 4.78 is 0. The van der Waals surface area contributed by atoms with Gasteiger partial charge in [-0.2, -0.15) is 0 Å². The van der Waals surface area contributed by atoms with Gasteiger partial charge in [-0.15, -0.1) is 0 Å². The largest absolute Gasteiger partial charge is 0.320 e. The van der Waals surface area contributed by atoms with E-state index in [9.17, 15) is 4.79 Å². The van der Waals surface area contributed by atoms with Gasteiger partial charge in [0, 0.05) is 12.4 Å². The van der Waals surface area contributed by atoms with Crippen LogP contribution in [-0.4, -0.2) is 15.3 Å². The number of anilines is 1. The Morgan fingerprint density at radius 3 is 2.60 bits per heavy atom. The minimum atomic E-state index is -0.689. The molecule has 0 saturated heterocycles. The first kappa shape index (κ1) is 6.95. The van der Waals surface area contributed by atoms with Gasteiger partial charge < -0.3 is 0 Å². The number of nitrogens with one attached hydrogen (secondary N) is 1. The highest BCUT2D eigenvalue weighted by atomic mass is 35.5. The van der Waals surface area contributed by atoms with Crippen molar-refractivity contribution in [1.29, 1.82) is 0 Å². The number of carbonyl (C=O) groups excluding carboxylic acids is 1. The minimum Gasteiger partial charge on any atom is -0.281 e. The Morgan fingerprint density at radius 2 is 2.10 bits per heavy atom. The van der Waals surface area contributed by atoms with Crippen LogP contribution in [0, 0.1) is 0 Å². The quantitative estimate of drug-likeness (QED) is 0.493. The summed E-state index contributed by atoms with van der Waals surface area (Å²) in [6.45, 7) is 0. The van der Waals surface area contributed by atoms with Crippen LogP contribution < -0.4 is 5.32 Å². The summed E-state index contributed by atoms with van der Waals surface area (Å²) in [4.78, 5) is 17.6. The molecule has 1 amide bonds. The molecule has 0 saturated carbocycles. The van der Waals surface area contributed by atoms with Gasteiger partial charge in [0.15, 0.2) is 0 Å². The lowest BCUT2D eigenvalue weighted by molar-refractivity contribution is 0.269. The number of halogens is 1. The summed E-state index contributed by atoms with van der Waals surface area (Å²) in [5, 5.41) is 1.52. The highest BCUT2D eigenvalue weighted by Crippen LogP contribution is 1.95. The molecule has 52 valence electrons. The van der Waals surface area contributed by atoms with Crippen LogP contribution in [0.15, 0.2) is 18.5 Å². The lowest BCUT2D eigenvalue weighted by Crippen LogP contribution is -2.04. The topological polar surface area (TPSA) is 54.9 Å². The fraction of sp³-hybridized carbons (Fsp3) is 0. The van der Waals surface area contributed by atoms with Crippen LogP contribution in [0.4, 0.5) is 10.7 Å². The fourth-order valence-electron chi connectivity index (χ4n) is 0.452. The van der Waals surface area contributed by atoms with Crippen molar-refractivity contribution in [1.82, 2.24) is 9.97 Å². The van der Waals surface area contributed by atoms with E-state index >= 15 is 0 Å². The second-order valence-electron chi connectivity index (χ2n) is 1.47. The first-order valence-corrected chi connectivity index (χ1v) is 2.90. The van der Waals surface area contributed by atoms with Crippen LogP contribution >= 0.6 is 11.6 Å². The number of hydrogen-bond acceptors (Lipinski definition) is 3. The lowest BCUT2D eigenvalue weighted by Gasteiger charge is -1.93. The van der Waals surface area contributed by atoms with Gasteiger partial charge >= 0.3 is 5.37 Å². The molecular formula is C5H4ClN3O. The van der Waals surface area contributed by atoms with E-state index < -0.39 is 5.37 Å². The van der Waals surface area contributed by atoms with Crippen LogP contribution in [0.1, 0.15) is 0 Å². The van der Waals surface area contributed by atoms with Crippen molar-refractivity contribution < 1.29 is 4.79 Å². The minimum absolute atomic E-state index is 0.211. The summed E-state index contributed by atoms with van der Waals surface area (Å²) in [6.07, 6.45) is 3.02. The van der Waals surface area contributed by atoms with Crippen LogP contribution in [0.5, 0.6) is 0 Å². The summed E-state index contributed by atoms with van der Waals surface area (Å²) in [5.41, 5.74) is 0. The van der Waals surface area contributed by atoms with Gasteiger partial charge in [0.1, 0.15) is 0 Å². The van der Waals surface area contributed by atoms with Gasteiger partial charge in [0.05, 0.1) is 0 Å². The van der Waals surface area contributed by atoms with Crippen molar-refractivity contribution in [2.24, 2.45) is 0 Å². The molecule has 1 aromatic rings. The Balaban J connectivity index is 2.67. The third kappa shape index (κ3) is 1.99. The van der Waals surface area contributed by atoms with Gasteiger partial charge in [0.25, 0.3) is 0 Å². The van der Waals surface area contributed by atoms with E-state index in [1.165, 1.54) is 12.4 Å². The van der Waals surface area contributed by atoms with E-state index in [2.05, 4.69) is 15.3 Å². The number of carbonyl (C=O) groups is 1. The summed E-state index contributed by atoms with van der Waals surface area (Å²) in [5.74, 6) is 0.211. The fourth-order valence-corrected chi connectivity index (χ4v) is 0.536. The maximum atomic E-state index is 10.2. The molecule has 1 N–H and O–H groups in total. The molecule has 10 heavy (non-hydrogen) atoms. The Morgan fingerprint density at radius 1 is 1.50 bits per heavy atom. The zero-order valence-corrected chi connectivity index (χ0v) is 5.67. The Bertz CT molecular complexity index is 226. The SMILES string of the molecule is O=C(Cl)Nc1ncccn1. The monoisotopic (exact) mass is 157 g/mol. The molecule has 4 nitrogen and oxygen atoms in total. The average Bonchev–Trinajstić information content (AvgIpc) is 1.88. The highest BCUT2D eigenvalue weighted by Gasteiger charge is 1.95. The molecule has 1 heterocycles. The van der Waals surface area contributed by atoms with E-state index in [0.29, 0.717) is 0 Å². The zero-order valence-electron chi connectivity index (χ0n) is 4.91. The molecule has 0 aromatic carbocycles. The van der Waals surface area contributed by atoms with Gasteiger partial charge in [-0.3, -0.25) is 10.1 Å². The van der Waals surface area contributed by atoms with Crippen molar-refractivity contribution in [2.75, 3.05) is 5.32 Å².